The van der Waals surface area contributed by atoms with Crippen molar-refractivity contribution in [2.45, 2.75) is 18.6 Å². The summed E-state index contributed by atoms with van der Waals surface area (Å²) < 4.78 is 29.2. The summed E-state index contributed by atoms with van der Waals surface area (Å²) in [7, 11) is -2.25. The number of benzene rings is 3. The summed E-state index contributed by atoms with van der Waals surface area (Å²) in [6.45, 7) is -0.743. The number of ketones is 1. The third-order valence-corrected chi connectivity index (χ3v) is 7.98. The van der Waals surface area contributed by atoms with Crippen LogP contribution >= 0.6 is 12.4 Å². The van der Waals surface area contributed by atoms with E-state index in [1.165, 1.54) is 0 Å². The summed E-state index contributed by atoms with van der Waals surface area (Å²) in [6.07, 6.45) is 2.40. The lowest BCUT2D eigenvalue weighted by molar-refractivity contribution is -0.135. The molecule has 0 amide bonds. The predicted octanol–water partition coefficient (Wildman–Crippen LogP) is 4.12. The molecule has 0 spiro atoms. The number of amidine groups is 1. The Hall–Kier alpha value is -4.15. The molecular formula is C28H29ClN4O5S. The van der Waals surface area contributed by atoms with Gasteiger partial charge in [-0.25, -0.2) is 8.42 Å². The molecule has 39 heavy (non-hydrogen) atoms. The molecule has 0 saturated carbocycles. The summed E-state index contributed by atoms with van der Waals surface area (Å²) in [6, 6.07) is 20.5. The molecule has 204 valence electrons. The first kappa shape index (κ1) is 29.4. The lowest BCUT2D eigenvalue weighted by Gasteiger charge is -2.23. The van der Waals surface area contributed by atoms with E-state index in [0.29, 0.717) is 28.5 Å². The number of nitrogens with two attached hydrogens (primary N) is 1. The second-order valence-corrected chi connectivity index (χ2v) is 10.9. The van der Waals surface area contributed by atoms with E-state index < -0.39 is 22.5 Å². The van der Waals surface area contributed by atoms with E-state index in [0.717, 1.165) is 15.4 Å². The van der Waals surface area contributed by atoms with Gasteiger partial charge in [-0.1, -0.05) is 54.6 Å². The van der Waals surface area contributed by atoms with Gasteiger partial charge in [0.2, 0.25) is 10.0 Å². The average molecular weight is 569 g/mol. The van der Waals surface area contributed by atoms with Crippen LogP contribution in [0.3, 0.4) is 0 Å². The minimum Gasteiger partial charge on any atom is -0.480 e. The highest BCUT2D eigenvalue weighted by Gasteiger charge is 2.26. The van der Waals surface area contributed by atoms with Crippen LogP contribution in [-0.4, -0.2) is 42.2 Å². The molecule has 0 unspecified atom stereocenters. The van der Waals surface area contributed by atoms with Crippen LogP contribution in [0.25, 0.3) is 10.9 Å². The second-order valence-electron chi connectivity index (χ2n) is 9.03. The zero-order valence-corrected chi connectivity index (χ0v) is 22.8. The molecule has 0 radical (unpaired) electrons. The number of fused-ring (bicyclic) bond motifs is 1. The smallest absolute Gasteiger partial charge is 0.324 e. The summed E-state index contributed by atoms with van der Waals surface area (Å²) in [5.41, 5.74) is 8.89. The lowest BCUT2D eigenvalue weighted by Crippen LogP contribution is -2.36. The molecule has 1 aromatic heterocycles. The Morgan fingerprint density at radius 1 is 1.00 bits per heavy atom. The number of carboxylic acids is 1. The quantitative estimate of drug-likeness (QED) is 0.141. The minimum absolute atomic E-state index is 0. The van der Waals surface area contributed by atoms with Gasteiger partial charge in [0.05, 0.1) is 11.4 Å². The number of aromatic nitrogens is 1. The Labute approximate surface area is 232 Å². The lowest BCUT2D eigenvalue weighted by atomic mass is 10.0. The number of halogens is 1. The molecule has 11 heteroatoms. The van der Waals surface area contributed by atoms with Crippen molar-refractivity contribution < 1.29 is 23.1 Å². The van der Waals surface area contributed by atoms with Crippen LogP contribution < -0.4 is 10.0 Å². The molecule has 9 nitrogen and oxygen atoms in total. The first-order valence-electron chi connectivity index (χ1n) is 11.9. The molecule has 4 rings (SSSR count). The maximum Gasteiger partial charge on any atom is 0.324 e. The monoisotopic (exact) mass is 568 g/mol. The molecule has 3 aromatic carbocycles. The fourth-order valence-electron chi connectivity index (χ4n) is 4.34. The number of aliphatic carboxylic acids is 1. The predicted molar refractivity (Wildman–Crippen MR) is 154 cm³/mol. The van der Waals surface area contributed by atoms with Crippen LogP contribution in [0.15, 0.2) is 79.0 Å². The third kappa shape index (κ3) is 6.84. The highest BCUT2D eigenvalue weighted by Crippen LogP contribution is 2.29. The number of nitrogens with zero attached hydrogens (tertiary/aromatic N) is 2. The van der Waals surface area contributed by atoms with Crippen molar-refractivity contribution in [1.29, 1.82) is 5.41 Å². The maximum absolute atomic E-state index is 13.3. The van der Waals surface area contributed by atoms with Crippen molar-refractivity contribution in [1.82, 2.24) is 4.57 Å². The van der Waals surface area contributed by atoms with Gasteiger partial charge in [0.1, 0.15) is 12.4 Å². The van der Waals surface area contributed by atoms with Crippen molar-refractivity contribution >= 4 is 56.6 Å². The third-order valence-electron chi connectivity index (χ3n) is 6.27. The molecular weight excluding hydrogens is 540 g/mol. The summed E-state index contributed by atoms with van der Waals surface area (Å²) >= 11 is 0. The Morgan fingerprint density at radius 2 is 1.67 bits per heavy atom. The fraction of sp³-hybridized carbons (Fsp3) is 0.179. The summed E-state index contributed by atoms with van der Waals surface area (Å²) in [5.74, 6) is -1.80. The van der Waals surface area contributed by atoms with Gasteiger partial charge in [-0.3, -0.25) is 19.3 Å². The van der Waals surface area contributed by atoms with Crippen LogP contribution in [0.1, 0.15) is 33.5 Å². The first-order valence-corrected chi connectivity index (χ1v) is 13.5. The SMILES string of the molecule is Cl.Cn1cc(C(=O)CCc2ccc(C(=N)N)cc2)c2cc(N(CC(=O)O)S(=O)(=O)Cc3ccccc3)ccc21. The Kier molecular flexibility index (Phi) is 9.15. The Morgan fingerprint density at radius 3 is 2.28 bits per heavy atom. The van der Waals surface area contributed by atoms with E-state index in [9.17, 15) is 23.1 Å². The van der Waals surface area contributed by atoms with Gasteiger partial charge >= 0.3 is 5.97 Å². The van der Waals surface area contributed by atoms with E-state index >= 15 is 0 Å². The molecule has 4 aromatic rings. The molecule has 0 bridgehead atoms. The van der Waals surface area contributed by atoms with Gasteiger partial charge in [0.15, 0.2) is 5.78 Å². The number of aryl methyl sites for hydroxylation is 2. The van der Waals surface area contributed by atoms with Gasteiger partial charge in [0.25, 0.3) is 0 Å². The van der Waals surface area contributed by atoms with Gasteiger partial charge in [-0.05, 0) is 35.7 Å². The molecule has 0 atom stereocenters. The van der Waals surface area contributed by atoms with Crippen LogP contribution in [0.5, 0.6) is 0 Å². The minimum atomic E-state index is -4.04. The van der Waals surface area contributed by atoms with Crippen molar-refractivity contribution in [3.63, 3.8) is 0 Å². The second kappa shape index (κ2) is 12.1. The summed E-state index contributed by atoms with van der Waals surface area (Å²) in [4.78, 5) is 24.8. The number of hydrogen-bond donors (Lipinski definition) is 3. The number of Topliss-reactive ketones (excluding diaryl/α,β-unsaturated/α-hetero) is 1. The highest BCUT2D eigenvalue weighted by molar-refractivity contribution is 7.92. The van der Waals surface area contributed by atoms with E-state index in [1.54, 1.807) is 78.5 Å². The van der Waals surface area contributed by atoms with E-state index in [-0.39, 0.29) is 41.9 Å². The molecule has 0 aliphatic heterocycles. The number of rotatable bonds is 11. The van der Waals surface area contributed by atoms with E-state index in [4.69, 9.17) is 11.1 Å². The summed E-state index contributed by atoms with van der Waals surface area (Å²) in [5, 5.41) is 17.5. The molecule has 0 saturated heterocycles. The van der Waals surface area contributed by atoms with E-state index in [1.807, 2.05) is 12.1 Å². The maximum atomic E-state index is 13.3. The number of hydrogen-bond acceptors (Lipinski definition) is 5. The fourth-order valence-corrected chi connectivity index (χ4v) is 5.85. The number of sulfonamides is 1. The number of nitrogens with one attached hydrogen (secondary N) is 1. The molecule has 0 fully saturated rings. The van der Waals surface area contributed by atoms with Crippen molar-refractivity contribution in [3.8, 4) is 0 Å². The Balaban J connectivity index is 0.00000420. The van der Waals surface area contributed by atoms with Crippen LogP contribution in [0.2, 0.25) is 0 Å². The molecule has 4 N–H and O–H groups in total. The van der Waals surface area contributed by atoms with Gasteiger partial charge in [-0.2, -0.15) is 0 Å². The first-order chi connectivity index (χ1) is 18.0. The Bertz CT molecular complexity index is 1620. The average Bonchev–Trinajstić information content (AvgIpc) is 3.22. The molecule has 0 aliphatic carbocycles. The van der Waals surface area contributed by atoms with Crippen molar-refractivity contribution in [2.75, 3.05) is 10.8 Å². The highest BCUT2D eigenvalue weighted by atomic mass is 35.5. The molecule has 0 aliphatic rings. The van der Waals surface area contributed by atoms with Crippen LogP contribution in [-0.2, 0) is 34.0 Å². The normalized spacial score (nSPS) is 11.1. The standard InChI is InChI=1S/C28H28N4O5S.ClH/c1-31-16-24(26(33)14-9-19-7-10-21(11-8-19)28(29)30)23-15-22(12-13-25(23)31)32(17-27(34)35)38(36,37)18-20-5-3-2-4-6-20;/h2-8,10-13,15-16H,9,14,17-18H2,1H3,(H3,29,30)(H,34,35);1H. The van der Waals surface area contributed by atoms with Gasteiger partial charge in [-0.15, -0.1) is 12.4 Å². The van der Waals surface area contributed by atoms with Gasteiger partial charge < -0.3 is 15.4 Å². The number of nitrogen functional groups attached to an aromatic ring is 1. The van der Waals surface area contributed by atoms with Crippen molar-refractivity contribution in [2.24, 2.45) is 12.8 Å². The topological polar surface area (TPSA) is 147 Å². The largest absolute Gasteiger partial charge is 0.480 e. The number of carbonyl (C=O) groups excluding carboxylic acids is 1. The van der Waals surface area contributed by atoms with Crippen LogP contribution in [0, 0.1) is 5.41 Å². The van der Waals surface area contributed by atoms with Gasteiger partial charge in [0, 0.05) is 41.7 Å². The zero-order chi connectivity index (χ0) is 27.4. The zero-order valence-electron chi connectivity index (χ0n) is 21.2. The number of anilines is 1. The van der Waals surface area contributed by atoms with E-state index in [2.05, 4.69) is 0 Å². The number of carbonyl (C=O) groups is 2. The van der Waals surface area contributed by atoms with Crippen molar-refractivity contribution in [3.05, 3.63) is 101 Å². The molecule has 1 heterocycles. The number of carboxylic acid groups (broad SMARTS) is 1. The van der Waals surface area contributed by atoms with Crippen LogP contribution in [0.4, 0.5) is 5.69 Å².